The molecule has 1 N–H and O–H groups in total. The molecule has 2 fully saturated rings. The second-order valence-corrected chi connectivity index (χ2v) is 4.22. The molecule has 9 heavy (non-hydrogen) atoms. The number of hydrogen-bond donors (Lipinski definition) is 1. The first kappa shape index (κ1) is 5.72. The van der Waals surface area contributed by atoms with Crippen LogP contribution in [0, 0.1) is 17.3 Å². The van der Waals surface area contributed by atoms with Crippen molar-refractivity contribution in [2.75, 3.05) is 13.1 Å². The van der Waals surface area contributed by atoms with Gasteiger partial charge in [-0.25, -0.2) is 0 Å². The van der Waals surface area contributed by atoms with E-state index in [9.17, 15) is 0 Å². The van der Waals surface area contributed by atoms with E-state index in [1.54, 1.807) is 0 Å². The van der Waals surface area contributed by atoms with E-state index >= 15 is 0 Å². The van der Waals surface area contributed by atoms with Gasteiger partial charge >= 0.3 is 0 Å². The maximum atomic E-state index is 3.44. The topological polar surface area (TPSA) is 12.0 Å². The fraction of sp³-hybridized carbons (Fsp3) is 1.00. The molecule has 0 unspecified atom stereocenters. The summed E-state index contributed by atoms with van der Waals surface area (Å²) in [6.07, 6.45) is 1.45. The zero-order valence-electron chi connectivity index (χ0n) is 6.28. The fourth-order valence-electron chi connectivity index (χ4n) is 2.53. The molecule has 0 spiro atoms. The van der Waals surface area contributed by atoms with E-state index in [4.69, 9.17) is 0 Å². The highest BCUT2D eigenvalue weighted by molar-refractivity contribution is 5.01. The third-order valence-electron chi connectivity index (χ3n) is 3.13. The maximum absolute atomic E-state index is 3.44. The van der Waals surface area contributed by atoms with Gasteiger partial charge in [-0.2, -0.15) is 0 Å². The first-order valence-electron chi connectivity index (χ1n) is 3.91. The van der Waals surface area contributed by atoms with Crippen molar-refractivity contribution in [2.45, 2.75) is 20.3 Å². The molecule has 1 aliphatic carbocycles. The van der Waals surface area contributed by atoms with Crippen LogP contribution in [0.1, 0.15) is 20.3 Å². The van der Waals surface area contributed by atoms with Crippen LogP contribution in [-0.2, 0) is 0 Å². The lowest BCUT2D eigenvalue weighted by Crippen LogP contribution is -2.42. The molecular formula is C8H15N. The highest BCUT2D eigenvalue weighted by Gasteiger charge is 2.49. The van der Waals surface area contributed by atoms with Gasteiger partial charge < -0.3 is 5.32 Å². The molecule has 1 saturated heterocycles. The summed E-state index contributed by atoms with van der Waals surface area (Å²) in [5.74, 6) is 2.03. The van der Waals surface area contributed by atoms with E-state index < -0.39 is 0 Å². The maximum Gasteiger partial charge on any atom is -0.00122 e. The highest BCUT2D eigenvalue weighted by atomic mass is 14.9. The Balaban J connectivity index is 2.09. The van der Waals surface area contributed by atoms with Crippen LogP contribution in [0.2, 0.25) is 0 Å². The van der Waals surface area contributed by atoms with Crippen molar-refractivity contribution in [1.82, 2.24) is 5.32 Å². The molecule has 0 amide bonds. The predicted molar refractivity (Wildman–Crippen MR) is 38.2 cm³/mol. The molecule has 1 heteroatoms. The van der Waals surface area contributed by atoms with Gasteiger partial charge in [0.1, 0.15) is 0 Å². The smallest absolute Gasteiger partial charge is 0.00122 e. The van der Waals surface area contributed by atoms with Crippen LogP contribution in [-0.4, -0.2) is 13.1 Å². The average Bonchev–Trinajstić information content (AvgIpc) is 2.10. The van der Waals surface area contributed by atoms with E-state index in [0.29, 0.717) is 5.41 Å². The molecule has 0 bridgehead atoms. The molecule has 2 atom stereocenters. The van der Waals surface area contributed by atoms with E-state index in [1.165, 1.54) is 19.5 Å². The molecule has 52 valence electrons. The molecule has 1 heterocycles. The van der Waals surface area contributed by atoms with Gasteiger partial charge in [0.2, 0.25) is 0 Å². The Morgan fingerprint density at radius 3 is 2.56 bits per heavy atom. The van der Waals surface area contributed by atoms with Gasteiger partial charge in [-0.05, 0) is 36.8 Å². The minimum absolute atomic E-state index is 0.661. The van der Waals surface area contributed by atoms with Crippen molar-refractivity contribution < 1.29 is 0 Å². The first-order chi connectivity index (χ1) is 4.20. The Kier molecular flexibility index (Phi) is 0.963. The summed E-state index contributed by atoms with van der Waals surface area (Å²) in [6, 6.07) is 0. The molecule has 1 nitrogen and oxygen atoms in total. The largest absolute Gasteiger partial charge is 0.316 e. The summed E-state index contributed by atoms with van der Waals surface area (Å²) in [7, 11) is 0. The van der Waals surface area contributed by atoms with Crippen LogP contribution in [0.5, 0.6) is 0 Å². The quantitative estimate of drug-likeness (QED) is 0.514. The summed E-state index contributed by atoms with van der Waals surface area (Å²) in [6.45, 7) is 7.34. The van der Waals surface area contributed by atoms with E-state index in [0.717, 1.165) is 11.8 Å². The van der Waals surface area contributed by atoms with Gasteiger partial charge in [-0.1, -0.05) is 13.8 Å². The molecule has 0 aromatic carbocycles. The van der Waals surface area contributed by atoms with Gasteiger partial charge in [0.15, 0.2) is 0 Å². The number of fused-ring (bicyclic) bond motifs is 1. The SMILES string of the molecule is CC1(C)C[C@@H]2CNC[C@@H]21. The Labute approximate surface area is 56.8 Å². The van der Waals surface area contributed by atoms with E-state index in [-0.39, 0.29) is 0 Å². The van der Waals surface area contributed by atoms with Crippen LogP contribution in [0.3, 0.4) is 0 Å². The summed E-state index contributed by atoms with van der Waals surface area (Å²) in [5.41, 5.74) is 0.661. The third kappa shape index (κ3) is 0.644. The van der Waals surface area contributed by atoms with Gasteiger partial charge in [0.25, 0.3) is 0 Å². The van der Waals surface area contributed by atoms with Crippen LogP contribution in [0.4, 0.5) is 0 Å². The monoisotopic (exact) mass is 125 g/mol. The van der Waals surface area contributed by atoms with Crippen molar-refractivity contribution in [2.24, 2.45) is 17.3 Å². The van der Waals surface area contributed by atoms with Crippen molar-refractivity contribution in [3.63, 3.8) is 0 Å². The lowest BCUT2D eigenvalue weighted by atomic mass is 9.57. The highest BCUT2D eigenvalue weighted by Crippen LogP contribution is 2.51. The van der Waals surface area contributed by atoms with Crippen molar-refractivity contribution >= 4 is 0 Å². The second-order valence-electron chi connectivity index (χ2n) is 4.22. The Bertz CT molecular complexity index is 129. The average molecular weight is 125 g/mol. The zero-order chi connectivity index (χ0) is 6.48. The summed E-state index contributed by atoms with van der Waals surface area (Å²) >= 11 is 0. The molecule has 1 aliphatic heterocycles. The van der Waals surface area contributed by atoms with Crippen LogP contribution in [0.25, 0.3) is 0 Å². The minimum Gasteiger partial charge on any atom is -0.316 e. The van der Waals surface area contributed by atoms with Crippen LogP contribution < -0.4 is 5.32 Å². The Hall–Kier alpha value is -0.0400. The fourth-order valence-corrected chi connectivity index (χ4v) is 2.53. The van der Waals surface area contributed by atoms with Gasteiger partial charge in [-0.15, -0.1) is 0 Å². The molecule has 1 saturated carbocycles. The molecule has 2 aliphatic rings. The van der Waals surface area contributed by atoms with E-state index in [1.807, 2.05) is 0 Å². The zero-order valence-corrected chi connectivity index (χ0v) is 6.28. The van der Waals surface area contributed by atoms with Gasteiger partial charge in [-0.3, -0.25) is 0 Å². The van der Waals surface area contributed by atoms with Gasteiger partial charge in [0.05, 0.1) is 0 Å². The Morgan fingerprint density at radius 2 is 2.11 bits per heavy atom. The predicted octanol–water partition coefficient (Wildman–Crippen LogP) is 1.25. The third-order valence-corrected chi connectivity index (χ3v) is 3.13. The molecule has 0 radical (unpaired) electrons. The van der Waals surface area contributed by atoms with Crippen LogP contribution in [0.15, 0.2) is 0 Å². The number of rotatable bonds is 0. The second kappa shape index (κ2) is 1.51. The van der Waals surface area contributed by atoms with Crippen molar-refractivity contribution in [1.29, 1.82) is 0 Å². The van der Waals surface area contributed by atoms with Crippen molar-refractivity contribution in [3.8, 4) is 0 Å². The number of hydrogen-bond acceptors (Lipinski definition) is 1. The lowest BCUT2D eigenvalue weighted by molar-refractivity contribution is 0.0299. The summed E-state index contributed by atoms with van der Waals surface area (Å²) in [4.78, 5) is 0. The summed E-state index contributed by atoms with van der Waals surface area (Å²) < 4.78 is 0. The van der Waals surface area contributed by atoms with E-state index in [2.05, 4.69) is 19.2 Å². The van der Waals surface area contributed by atoms with Crippen LogP contribution >= 0.6 is 0 Å². The minimum atomic E-state index is 0.661. The number of nitrogens with one attached hydrogen (secondary N) is 1. The molecule has 0 aromatic rings. The normalized spacial score (nSPS) is 46.0. The van der Waals surface area contributed by atoms with Gasteiger partial charge in [0, 0.05) is 0 Å². The summed E-state index contributed by atoms with van der Waals surface area (Å²) in [5, 5.41) is 3.44. The standard InChI is InChI=1S/C8H15N/c1-8(2)3-6-4-9-5-7(6)8/h6-7,9H,3-5H2,1-2H3/t6-,7+/m1/s1. The first-order valence-corrected chi connectivity index (χ1v) is 3.91. The van der Waals surface area contributed by atoms with Crippen molar-refractivity contribution in [3.05, 3.63) is 0 Å². The Morgan fingerprint density at radius 1 is 1.33 bits per heavy atom. The molecule has 2 rings (SSSR count). The molecular weight excluding hydrogens is 110 g/mol. The molecule has 0 aromatic heterocycles. The lowest BCUT2D eigenvalue weighted by Gasteiger charge is -2.47.